The summed E-state index contributed by atoms with van der Waals surface area (Å²) in [6.07, 6.45) is 3.70. The van der Waals surface area contributed by atoms with Gasteiger partial charge in [-0.25, -0.2) is 4.79 Å². The second kappa shape index (κ2) is 7.61. The Morgan fingerprint density at radius 2 is 2.48 bits per heavy atom. The van der Waals surface area contributed by atoms with Gasteiger partial charge in [0, 0.05) is 36.9 Å². The van der Waals surface area contributed by atoms with Crippen molar-refractivity contribution in [2.45, 2.75) is 19.6 Å². The minimum Gasteiger partial charge on any atom is -0.369 e. The second-order valence-electron chi connectivity index (χ2n) is 5.84. The molecular formula is C16H22N4O2S. The first-order valence-corrected chi connectivity index (χ1v) is 8.75. The fourth-order valence-electron chi connectivity index (χ4n) is 2.65. The van der Waals surface area contributed by atoms with Crippen LogP contribution < -0.4 is 5.32 Å². The summed E-state index contributed by atoms with van der Waals surface area (Å²) in [4.78, 5) is 15.4. The number of morpholine rings is 1. The van der Waals surface area contributed by atoms with Crippen LogP contribution in [0.5, 0.6) is 0 Å². The Labute approximate surface area is 140 Å². The van der Waals surface area contributed by atoms with E-state index in [2.05, 4.69) is 23.4 Å². The van der Waals surface area contributed by atoms with Crippen LogP contribution in [0.15, 0.2) is 36.0 Å². The molecule has 6 nitrogen and oxygen atoms in total. The topological polar surface area (TPSA) is 59.4 Å². The molecule has 7 heteroatoms. The predicted molar refractivity (Wildman–Crippen MR) is 89.4 cm³/mol. The summed E-state index contributed by atoms with van der Waals surface area (Å²) in [5.74, 6) is 0.327. The molecule has 1 N–H and O–H groups in total. The van der Waals surface area contributed by atoms with E-state index in [1.54, 1.807) is 17.5 Å². The normalized spacial score (nSPS) is 19.5. The Morgan fingerprint density at radius 3 is 3.22 bits per heavy atom. The third-order valence-corrected chi connectivity index (χ3v) is 4.84. The number of rotatable bonds is 5. The summed E-state index contributed by atoms with van der Waals surface area (Å²) in [5.41, 5.74) is 0. The number of nitrogens with zero attached hydrogens (tertiary/aromatic N) is 3. The maximum Gasteiger partial charge on any atom is 0.317 e. The fourth-order valence-corrected chi connectivity index (χ4v) is 3.41. The summed E-state index contributed by atoms with van der Waals surface area (Å²) in [6.45, 7) is 5.38. The highest BCUT2D eigenvalue weighted by atomic mass is 32.1. The first kappa shape index (κ1) is 16.0. The van der Waals surface area contributed by atoms with Crippen molar-refractivity contribution in [2.75, 3.05) is 26.2 Å². The lowest BCUT2D eigenvalue weighted by molar-refractivity contribution is -0.0136. The Hall–Kier alpha value is -1.86. The van der Waals surface area contributed by atoms with Crippen molar-refractivity contribution in [1.29, 1.82) is 0 Å². The lowest BCUT2D eigenvalue weighted by Crippen LogP contribution is -2.48. The van der Waals surface area contributed by atoms with Crippen LogP contribution in [0.1, 0.15) is 17.9 Å². The Balaban J connectivity index is 1.46. The van der Waals surface area contributed by atoms with Crippen molar-refractivity contribution < 1.29 is 9.53 Å². The van der Waals surface area contributed by atoms with E-state index in [-0.39, 0.29) is 12.1 Å². The van der Waals surface area contributed by atoms with E-state index in [1.165, 1.54) is 4.88 Å². The van der Waals surface area contributed by atoms with Gasteiger partial charge in [-0.15, -0.1) is 11.3 Å². The van der Waals surface area contributed by atoms with Crippen molar-refractivity contribution in [2.24, 2.45) is 5.92 Å². The van der Waals surface area contributed by atoms with Crippen LogP contribution in [-0.4, -0.2) is 47.0 Å². The lowest BCUT2D eigenvalue weighted by atomic mass is 10.2. The van der Waals surface area contributed by atoms with E-state index in [1.807, 2.05) is 33.3 Å². The molecule has 0 aromatic carbocycles. The summed E-state index contributed by atoms with van der Waals surface area (Å²) in [7, 11) is 0. The SMILES string of the molecule is C[C@H](CNC(=O)N1CCO[C@@H](c2cccs2)C1)Cn1cccn1. The molecule has 0 spiro atoms. The van der Waals surface area contributed by atoms with Crippen molar-refractivity contribution in [3.05, 3.63) is 40.8 Å². The smallest absolute Gasteiger partial charge is 0.317 e. The van der Waals surface area contributed by atoms with Crippen LogP contribution in [0, 0.1) is 5.92 Å². The van der Waals surface area contributed by atoms with E-state index in [9.17, 15) is 4.79 Å². The number of hydrogen-bond donors (Lipinski definition) is 1. The van der Waals surface area contributed by atoms with Crippen LogP contribution >= 0.6 is 11.3 Å². The lowest BCUT2D eigenvalue weighted by Gasteiger charge is -2.32. The van der Waals surface area contributed by atoms with Gasteiger partial charge in [-0.2, -0.15) is 5.10 Å². The van der Waals surface area contributed by atoms with Crippen LogP contribution in [0.4, 0.5) is 4.79 Å². The summed E-state index contributed by atoms with van der Waals surface area (Å²) in [5, 5.41) is 9.25. The van der Waals surface area contributed by atoms with Crippen molar-refractivity contribution in [1.82, 2.24) is 20.0 Å². The zero-order valence-corrected chi connectivity index (χ0v) is 14.0. The van der Waals surface area contributed by atoms with Crippen molar-refractivity contribution >= 4 is 17.4 Å². The van der Waals surface area contributed by atoms with Crippen LogP contribution in [0.25, 0.3) is 0 Å². The number of carbonyl (C=O) groups excluding carboxylic acids is 1. The fraction of sp³-hybridized carbons (Fsp3) is 0.500. The number of nitrogens with one attached hydrogen (secondary N) is 1. The highest BCUT2D eigenvalue weighted by molar-refractivity contribution is 7.10. The Bertz CT molecular complexity index is 600. The number of aromatic nitrogens is 2. The van der Waals surface area contributed by atoms with E-state index in [0.717, 1.165) is 6.54 Å². The number of urea groups is 1. The molecule has 0 saturated carbocycles. The monoisotopic (exact) mass is 334 g/mol. The highest BCUT2D eigenvalue weighted by Gasteiger charge is 2.26. The number of carbonyl (C=O) groups is 1. The molecule has 2 aromatic heterocycles. The summed E-state index contributed by atoms with van der Waals surface area (Å²) >= 11 is 1.67. The molecule has 1 aliphatic heterocycles. The first-order chi connectivity index (χ1) is 11.2. The van der Waals surface area contributed by atoms with Gasteiger partial charge in [0.2, 0.25) is 0 Å². The van der Waals surface area contributed by atoms with Gasteiger partial charge in [-0.3, -0.25) is 4.68 Å². The molecule has 2 amide bonds. The highest BCUT2D eigenvalue weighted by Crippen LogP contribution is 2.25. The van der Waals surface area contributed by atoms with Crippen LogP contribution in [0.3, 0.4) is 0 Å². The summed E-state index contributed by atoms with van der Waals surface area (Å²) in [6, 6.07) is 5.97. The largest absolute Gasteiger partial charge is 0.369 e. The third kappa shape index (κ3) is 4.33. The predicted octanol–water partition coefficient (Wildman–Crippen LogP) is 2.36. The molecule has 1 aliphatic rings. The Kier molecular flexibility index (Phi) is 5.30. The van der Waals surface area contributed by atoms with Crippen molar-refractivity contribution in [3.8, 4) is 0 Å². The number of amides is 2. The number of hydrogen-bond acceptors (Lipinski definition) is 4. The summed E-state index contributed by atoms with van der Waals surface area (Å²) < 4.78 is 7.66. The van der Waals surface area contributed by atoms with Gasteiger partial charge in [-0.1, -0.05) is 13.0 Å². The number of ether oxygens (including phenoxy) is 1. The number of thiophene rings is 1. The van der Waals surface area contributed by atoms with Gasteiger partial charge in [0.1, 0.15) is 6.10 Å². The maximum absolute atomic E-state index is 12.4. The quantitative estimate of drug-likeness (QED) is 0.913. The molecule has 0 bridgehead atoms. The molecule has 2 atom stereocenters. The molecule has 23 heavy (non-hydrogen) atoms. The van der Waals surface area contributed by atoms with E-state index in [4.69, 9.17) is 4.74 Å². The standard InChI is InChI=1S/C16H22N4O2S/c1-13(11-20-6-3-5-18-20)10-17-16(21)19-7-8-22-14(12-19)15-4-2-9-23-15/h2-6,9,13-14H,7-8,10-12H2,1H3,(H,17,21)/t13-,14-/m1/s1. The molecule has 3 rings (SSSR count). The van der Waals surface area contributed by atoms with E-state index in [0.29, 0.717) is 32.2 Å². The van der Waals surface area contributed by atoms with Gasteiger partial charge < -0.3 is 15.0 Å². The molecule has 2 aromatic rings. The van der Waals surface area contributed by atoms with Gasteiger partial charge in [0.15, 0.2) is 0 Å². The average Bonchev–Trinajstić information content (AvgIpc) is 3.26. The second-order valence-corrected chi connectivity index (χ2v) is 6.82. The molecule has 1 fully saturated rings. The molecular weight excluding hydrogens is 312 g/mol. The van der Waals surface area contributed by atoms with Crippen molar-refractivity contribution in [3.63, 3.8) is 0 Å². The van der Waals surface area contributed by atoms with Gasteiger partial charge in [0.05, 0.1) is 13.2 Å². The minimum atomic E-state index is -0.0119. The van der Waals surface area contributed by atoms with Crippen LogP contribution in [-0.2, 0) is 11.3 Å². The molecule has 0 unspecified atom stereocenters. The van der Waals surface area contributed by atoms with E-state index < -0.39 is 0 Å². The first-order valence-electron chi connectivity index (χ1n) is 7.87. The minimum absolute atomic E-state index is 0.00371. The van der Waals surface area contributed by atoms with E-state index >= 15 is 0 Å². The molecule has 1 saturated heterocycles. The zero-order chi connectivity index (χ0) is 16.1. The molecule has 124 valence electrons. The van der Waals surface area contributed by atoms with Gasteiger partial charge in [-0.05, 0) is 23.4 Å². The molecule has 0 aliphatic carbocycles. The molecule has 3 heterocycles. The molecule has 0 radical (unpaired) electrons. The zero-order valence-electron chi connectivity index (χ0n) is 13.2. The third-order valence-electron chi connectivity index (χ3n) is 3.87. The van der Waals surface area contributed by atoms with Gasteiger partial charge >= 0.3 is 6.03 Å². The Morgan fingerprint density at radius 1 is 1.57 bits per heavy atom. The average molecular weight is 334 g/mol. The van der Waals surface area contributed by atoms with Gasteiger partial charge in [0.25, 0.3) is 0 Å². The van der Waals surface area contributed by atoms with Crippen LogP contribution in [0.2, 0.25) is 0 Å². The maximum atomic E-state index is 12.4.